The first-order valence-electron chi connectivity index (χ1n) is 9.49. The van der Waals surface area contributed by atoms with Crippen LogP contribution in [0.4, 0.5) is 11.4 Å². The van der Waals surface area contributed by atoms with E-state index in [1.165, 1.54) is 5.69 Å². The third-order valence-corrected chi connectivity index (χ3v) is 4.99. The highest BCUT2D eigenvalue weighted by molar-refractivity contribution is 6.39. The molecule has 0 aromatic heterocycles. The van der Waals surface area contributed by atoms with Gasteiger partial charge in [-0.25, -0.2) is 0 Å². The monoisotopic (exact) mass is 400 g/mol. The van der Waals surface area contributed by atoms with Gasteiger partial charge in [0.1, 0.15) is 0 Å². The number of hydrogen-bond acceptors (Lipinski definition) is 4. The smallest absolute Gasteiger partial charge is 0.313 e. The van der Waals surface area contributed by atoms with E-state index in [4.69, 9.17) is 11.6 Å². The van der Waals surface area contributed by atoms with Gasteiger partial charge in [0.15, 0.2) is 0 Å². The van der Waals surface area contributed by atoms with Gasteiger partial charge >= 0.3 is 11.8 Å². The van der Waals surface area contributed by atoms with Crippen LogP contribution < -0.4 is 15.5 Å². The summed E-state index contributed by atoms with van der Waals surface area (Å²) < 4.78 is 0. The van der Waals surface area contributed by atoms with Crippen LogP contribution in [-0.2, 0) is 9.59 Å². The number of nitrogens with one attached hydrogen (secondary N) is 2. The molecule has 1 heterocycles. The molecule has 2 aromatic rings. The van der Waals surface area contributed by atoms with Gasteiger partial charge in [-0.15, -0.1) is 0 Å². The molecule has 2 aromatic carbocycles. The van der Waals surface area contributed by atoms with Crippen molar-refractivity contribution in [3.63, 3.8) is 0 Å². The van der Waals surface area contributed by atoms with Gasteiger partial charge in [0, 0.05) is 49.1 Å². The summed E-state index contributed by atoms with van der Waals surface area (Å²) in [6.07, 6.45) is 0.811. The average molecular weight is 401 g/mol. The van der Waals surface area contributed by atoms with E-state index in [2.05, 4.69) is 44.7 Å². The Morgan fingerprint density at radius 2 is 1.57 bits per heavy atom. The van der Waals surface area contributed by atoms with E-state index in [1.807, 2.05) is 6.07 Å². The lowest BCUT2D eigenvalue weighted by Gasteiger charge is -2.36. The third kappa shape index (κ3) is 5.97. The molecule has 2 amide bonds. The summed E-state index contributed by atoms with van der Waals surface area (Å²) in [6.45, 7) is 5.38. The number of carbonyl (C=O) groups is 2. The van der Waals surface area contributed by atoms with Crippen molar-refractivity contribution >= 4 is 34.8 Å². The molecule has 2 N–H and O–H groups in total. The minimum atomic E-state index is -0.668. The SMILES string of the molecule is O=C(NCCCN1CCN(c2ccccc2)CC1)C(=O)Nc1ccc(Cl)cc1. The summed E-state index contributed by atoms with van der Waals surface area (Å²) in [5.74, 6) is -1.29. The predicted octanol–water partition coefficient (Wildman–Crippen LogP) is 2.61. The lowest BCUT2D eigenvalue weighted by Crippen LogP contribution is -2.47. The van der Waals surface area contributed by atoms with Crippen molar-refractivity contribution in [2.24, 2.45) is 0 Å². The quantitative estimate of drug-likeness (QED) is 0.578. The topological polar surface area (TPSA) is 64.7 Å². The minimum Gasteiger partial charge on any atom is -0.369 e. The molecule has 0 saturated carbocycles. The molecule has 0 radical (unpaired) electrons. The number of rotatable bonds is 6. The summed E-state index contributed by atoms with van der Waals surface area (Å²) in [5, 5.41) is 5.80. The molecule has 1 fully saturated rings. The van der Waals surface area contributed by atoms with Crippen LogP contribution in [0.15, 0.2) is 54.6 Å². The first-order chi connectivity index (χ1) is 13.6. The molecule has 1 saturated heterocycles. The molecule has 3 rings (SSSR count). The Kier molecular flexibility index (Phi) is 7.28. The fraction of sp³-hybridized carbons (Fsp3) is 0.333. The highest BCUT2D eigenvalue weighted by Crippen LogP contribution is 2.15. The highest BCUT2D eigenvalue weighted by Gasteiger charge is 2.17. The van der Waals surface area contributed by atoms with Crippen molar-refractivity contribution in [1.29, 1.82) is 0 Å². The predicted molar refractivity (Wildman–Crippen MR) is 113 cm³/mol. The van der Waals surface area contributed by atoms with Crippen molar-refractivity contribution in [3.05, 3.63) is 59.6 Å². The number of amides is 2. The van der Waals surface area contributed by atoms with E-state index in [9.17, 15) is 9.59 Å². The van der Waals surface area contributed by atoms with Crippen LogP contribution >= 0.6 is 11.6 Å². The Hall–Kier alpha value is -2.57. The lowest BCUT2D eigenvalue weighted by molar-refractivity contribution is -0.136. The van der Waals surface area contributed by atoms with Gasteiger partial charge in [-0.1, -0.05) is 29.8 Å². The summed E-state index contributed by atoms with van der Waals surface area (Å²) in [7, 11) is 0. The number of nitrogens with zero attached hydrogens (tertiary/aromatic N) is 2. The maximum atomic E-state index is 11.9. The molecular weight excluding hydrogens is 376 g/mol. The molecule has 28 heavy (non-hydrogen) atoms. The Labute approximate surface area is 170 Å². The van der Waals surface area contributed by atoms with Crippen LogP contribution in [0.5, 0.6) is 0 Å². The van der Waals surface area contributed by atoms with E-state index < -0.39 is 11.8 Å². The summed E-state index contributed by atoms with van der Waals surface area (Å²) >= 11 is 5.80. The van der Waals surface area contributed by atoms with E-state index in [0.717, 1.165) is 39.1 Å². The fourth-order valence-corrected chi connectivity index (χ4v) is 3.30. The van der Waals surface area contributed by atoms with Gasteiger partial charge in [-0.05, 0) is 49.4 Å². The molecule has 0 atom stereocenters. The maximum absolute atomic E-state index is 11.9. The zero-order chi connectivity index (χ0) is 19.8. The second-order valence-corrected chi connectivity index (χ2v) is 7.17. The fourth-order valence-electron chi connectivity index (χ4n) is 3.17. The van der Waals surface area contributed by atoms with Crippen molar-refractivity contribution in [1.82, 2.24) is 10.2 Å². The van der Waals surface area contributed by atoms with Gasteiger partial charge in [-0.2, -0.15) is 0 Å². The van der Waals surface area contributed by atoms with Crippen molar-refractivity contribution in [3.8, 4) is 0 Å². The average Bonchev–Trinajstić information content (AvgIpc) is 2.73. The number of carbonyl (C=O) groups excluding carboxylic acids is 2. The Balaban J connectivity index is 1.31. The first kappa shape index (κ1) is 20.2. The van der Waals surface area contributed by atoms with Crippen molar-refractivity contribution < 1.29 is 9.59 Å². The van der Waals surface area contributed by atoms with Crippen LogP contribution in [0, 0.1) is 0 Å². The van der Waals surface area contributed by atoms with Crippen LogP contribution in [-0.4, -0.2) is 56.0 Å². The van der Waals surface area contributed by atoms with Gasteiger partial charge in [0.2, 0.25) is 0 Å². The first-order valence-corrected chi connectivity index (χ1v) is 9.87. The van der Waals surface area contributed by atoms with Gasteiger partial charge < -0.3 is 15.5 Å². The number of anilines is 2. The molecule has 7 heteroatoms. The van der Waals surface area contributed by atoms with Crippen LogP contribution in [0.2, 0.25) is 5.02 Å². The lowest BCUT2D eigenvalue weighted by atomic mass is 10.2. The zero-order valence-corrected chi connectivity index (χ0v) is 16.5. The molecular formula is C21H25ClN4O2. The van der Waals surface area contributed by atoms with Crippen LogP contribution in [0.25, 0.3) is 0 Å². The zero-order valence-electron chi connectivity index (χ0n) is 15.7. The Morgan fingerprint density at radius 1 is 0.893 bits per heavy atom. The molecule has 1 aliphatic rings. The second kappa shape index (κ2) is 10.1. The Bertz CT molecular complexity index is 775. The molecule has 0 bridgehead atoms. The van der Waals surface area contributed by atoms with Crippen LogP contribution in [0.1, 0.15) is 6.42 Å². The minimum absolute atomic E-state index is 0.478. The number of benzene rings is 2. The van der Waals surface area contributed by atoms with Gasteiger partial charge in [0.25, 0.3) is 0 Å². The molecule has 1 aliphatic heterocycles. The van der Waals surface area contributed by atoms with Crippen LogP contribution in [0.3, 0.4) is 0 Å². The van der Waals surface area contributed by atoms with E-state index >= 15 is 0 Å². The summed E-state index contributed by atoms with van der Waals surface area (Å²) in [6, 6.07) is 17.1. The van der Waals surface area contributed by atoms with Gasteiger partial charge in [-0.3, -0.25) is 14.5 Å². The largest absolute Gasteiger partial charge is 0.369 e. The molecule has 148 valence electrons. The maximum Gasteiger partial charge on any atom is 0.313 e. The summed E-state index contributed by atoms with van der Waals surface area (Å²) in [4.78, 5) is 28.6. The summed E-state index contributed by atoms with van der Waals surface area (Å²) in [5.41, 5.74) is 1.81. The molecule has 6 nitrogen and oxygen atoms in total. The van der Waals surface area contributed by atoms with E-state index in [1.54, 1.807) is 24.3 Å². The highest BCUT2D eigenvalue weighted by atomic mass is 35.5. The van der Waals surface area contributed by atoms with Crippen molar-refractivity contribution in [2.45, 2.75) is 6.42 Å². The number of halogens is 1. The van der Waals surface area contributed by atoms with E-state index in [0.29, 0.717) is 17.3 Å². The third-order valence-electron chi connectivity index (χ3n) is 4.74. The molecule has 0 unspecified atom stereocenters. The van der Waals surface area contributed by atoms with Gasteiger partial charge in [0.05, 0.1) is 0 Å². The van der Waals surface area contributed by atoms with E-state index in [-0.39, 0.29) is 0 Å². The normalized spacial score (nSPS) is 14.5. The number of para-hydroxylation sites is 1. The number of piperazine rings is 1. The standard InChI is InChI=1S/C21H25ClN4O2/c22-17-7-9-18(10-8-17)24-21(28)20(27)23-11-4-12-25-13-15-26(16-14-25)19-5-2-1-3-6-19/h1-3,5-10H,4,11-16H2,(H,23,27)(H,24,28). The number of hydrogen-bond donors (Lipinski definition) is 2. The van der Waals surface area contributed by atoms with Crippen molar-refractivity contribution in [2.75, 3.05) is 49.5 Å². The second-order valence-electron chi connectivity index (χ2n) is 6.73. The Morgan fingerprint density at radius 3 is 2.25 bits per heavy atom. The molecule has 0 aliphatic carbocycles. The molecule has 0 spiro atoms.